The highest BCUT2D eigenvalue weighted by atomic mass is 16.5. The number of amides is 1. The number of H-pyrrole nitrogens is 1. The maximum Gasteiger partial charge on any atom is 0.330 e. The lowest BCUT2D eigenvalue weighted by atomic mass is 10.1. The highest BCUT2D eigenvalue weighted by molar-refractivity contribution is 6.07. The Balaban J connectivity index is 1.76. The monoisotopic (exact) mass is 446 g/mol. The number of nitrogens with zero attached hydrogens (tertiary/aromatic N) is 2. The van der Waals surface area contributed by atoms with E-state index in [-0.39, 0.29) is 23.1 Å². The SMILES string of the molecule is COc1ccc(Cn2c(=O)[nH]c(=O)c3cc(C(=O)Nc4ccccc4OC)c(C)nc32)cc1. The fraction of sp³-hybridized carbons (Fsp3) is 0.167. The number of carbonyl (C=O) groups excluding carboxylic acids is 1. The summed E-state index contributed by atoms with van der Waals surface area (Å²) in [6.45, 7) is 1.84. The summed E-state index contributed by atoms with van der Waals surface area (Å²) in [7, 11) is 3.08. The molecule has 9 nitrogen and oxygen atoms in total. The number of benzene rings is 2. The minimum absolute atomic E-state index is 0.138. The van der Waals surface area contributed by atoms with Crippen molar-refractivity contribution in [1.29, 1.82) is 0 Å². The standard InChI is InChI=1S/C24H22N4O5/c1-14-17(22(29)26-19-6-4-5-7-20(19)33-3)12-18-21(25-14)28(24(31)27-23(18)30)13-15-8-10-16(32-2)11-9-15/h4-12H,13H2,1-3H3,(H,26,29)(H,27,30,31). The first-order valence-corrected chi connectivity index (χ1v) is 10.1. The number of rotatable bonds is 6. The van der Waals surface area contributed by atoms with E-state index in [1.54, 1.807) is 50.4 Å². The maximum absolute atomic E-state index is 13.0. The third-order valence-electron chi connectivity index (χ3n) is 5.26. The van der Waals surface area contributed by atoms with Gasteiger partial charge in [-0.05, 0) is 42.8 Å². The lowest BCUT2D eigenvalue weighted by molar-refractivity contribution is 0.102. The van der Waals surface area contributed by atoms with Crippen molar-refractivity contribution in [3.8, 4) is 11.5 Å². The van der Waals surface area contributed by atoms with Crippen LogP contribution >= 0.6 is 0 Å². The van der Waals surface area contributed by atoms with Crippen LogP contribution in [0.15, 0.2) is 64.2 Å². The minimum atomic E-state index is -0.611. The van der Waals surface area contributed by atoms with Crippen LogP contribution < -0.4 is 26.0 Å². The summed E-state index contributed by atoms with van der Waals surface area (Å²) < 4.78 is 11.8. The number of fused-ring (bicyclic) bond motifs is 1. The molecule has 0 saturated heterocycles. The second kappa shape index (κ2) is 8.99. The Hall–Kier alpha value is -4.40. The van der Waals surface area contributed by atoms with Crippen molar-refractivity contribution in [2.45, 2.75) is 13.5 Å². The maximum atomic E-state index is 13.0. The van der Waals surface area contributed by atoms with Crippen LogP contribution in [-0.2, 0) is 6.54 Å². The molecule has 0 bridgehead atoms. The first-order chi connectivity index (χ1) is 15.9. The molecular weight excluding hydrogens is 424 g/mol. The number of methoxy groups -OCH3 is 2. The van der Waals surface area contributed by atoms with Gasteiger partial charge in [0, 0.05) is 0 Å². The smallest absolute Gasteiger partial charge is 0.330 e. The zero-order chi connectivity index (χ0) is 23.5. The van der Waals surface area contributed by atoms with Crippen molar-refractivity contribution in [3.05, 3.63) is 92.3 Å². The number of para-hydroxylation sites is 2. The second-order valence-electron chi connectivity index (χ2n) is 7.34. The first kappa shape index (κ1) is 21.8. The van der Waals surface area contributed by atoms with Gasteiger partial charge in [-0.25, -0.2) is 9.78 Å². The molecule has 0 fully saturated rings. The molecule has 9 heteroatoms. The fourth-order valence-electron chi connectivity index (χ4n) is 3.52. The lowest BCUT2D eigenvalue weighted by Crippen LogP contribution is -2.32. The molecule has 0 unspecified atom stereocenters. The third kappa shape index (κ3) is 4.33. The zero-order valence-corrected chi connectivity index (χ0v) is 18.3. The number of pyridine rings is 1. The van der Waals surface area contributed by atoms with Gasteiger partial charge in [-0.3, -0.25) is 19.1 Å². The van der Waals surface area contributed by atoms with Gasteiger partial charge < -0.3 is 14.8 Å². The van der Waals surface area contributed by atoms with E-state index in [1.807, 2.05) is 12.1 Å². The van der Waals surface area contributed by atoms with Crippen LogP contribution in [-0.4, -0.2) is 34.7 Å². The van der Waals surface area contributed by atoms with Gasteiger partial charge in [0.1, 0.15) is 17.1 Å². The van der Waals surface area contributed by atoms with Crippen LogP contribution in [0.1, 0.15) is 21.6 Å². The summed E-state index contributed by atoms with van der Waals surface area (Å²) in [5, 5.41) is 2.92. The van der Waals surface area contributed by atoms with Gasteiger partial charge in [0.15, 0.2) is 0 Å². The van der Waals surface area contributed by atoms with Crippen LogP contribution in [0, 0.1) is 6.92 Å². The molecule has 168 valence electrons. The van der Waals surface area contributed by atoms with E-state index in [2.05, 4.69) is 15.3 Å². The molecule has 0 aliphatic carbocycles. The molecule has 2 N–H and O–H groups in total. The molecule has 0 radical (unpaired) electrons. The highest BCUT2D eigenvalue weighted by Crippen LogP contribution is 2.24. The quantitative estimate of drug-likeness (QED) is 0.471. The summed E-state index contributed by atoms with van der Waals surface area (Å²) in [5.41, 5.74) is 0.913. The number of anilines is 1. The average molecular weight is 446 g/mol. The van der Waals surface area contributed by atoms with Crippen molar-refractivity contribution in [2.24, 2.45) is 0 Å². The van der Waals surface area contributed by atoms with Gasteiger partial charge >= 0.3 is 5.69 Å². The molecule has 0 aliphatic rings. The Morgan fingerprint density at radius 2 is 1.79 bits per heavy atom. The van der Waals surface area contributed by atoms with Crippen LogP contribution in [0.25, 0.3) is 11.0 Å². The molecule has 0 spiro atoms. The van der Waals surface area contributed by atoms with E-state index in [0.29, 0.717) is 22.9 Å². The summed E-state index contributed by atoms with van der Waals surface area (Å²) in [6.07, 6.45) is 0. The number of aromatic nitrogens is 3. The third-order valence-corrected chi connectivity index (χ3v) is 5.26. The van der Waals surface area contributed by atoms with Crippen LogP contribution in [0.3, 0.4) is 0 Å². The van der Waals surface area contributed by atoms with Crippen LogP contribution in [0.4, 0.5) is 5.69 Å². The number of hydrogen-bond acceptors (Lipinski definition) is 6. The van der Waals surface area contributed by atoms with E-state index in [1.165, 1.54) is 17.7 Å². The van der Waals surface area contributed by atoms with Crippen molar-refractivity contribution >= 4 is 22.6 Å². The molecule has 2 aromatic heterocycles. The van der Waals surface area contributed by atoms with E-state index in [0.717, 1.165) is 5.56 Å². The van der Waals surface area contributed by atoms with Crippen molar-refractivity contribution in [1.82, 2.24) is 14.5 Å². The molecule has 0 atom stereocenters. The Labute approximate surface area is 188 Å². The Morgan fingerprint density at radius 3 is 2.48 bits per heavy atom. The molecular formula is C24H22N4O5. The summed E-state index contributed by atoms with van der Waals surface area (Å²) in [6, 6.07) is 15.7. The number of carbonyl (C=O) groups is 1. The summed E-state index contributed by atoms with van der Waals surface area (Å²) in [5.74, 6) is 0.749. The number of ether oxygens (including phenoxy) is 2. The molecule has 0 aliphatic heterocycles. The van der Waals surface area contributed by atoms with E-state index < -0.39 is 17.2 Å². The van der Waals surface area contributed by atoms with Crippen LogP contribution in [0.2, 0.25) is 0 Å². The van der Waals surface area contributed by atoms with Crippen LogP contribution in [0.5, 0.6) is 11.5 Å². The Kier molecular flexibility index (Phi) is 5.95. The van der Waals surface area contributed by atoms with E-state index in [9.17, 15) is 14.4 Å². The Bertz CT molecular complexity index is 1450. The molecule has 33 heavy (non-hydrogen) atoms. The normalized spacial score (nSPS) is 10.8. The highest BCUT2D eigenvalue weighted by Gasteiger charge is 2.18. The van der Waals surface area contributed by atoms with Gasteiger partial charge in [-0.15, -0.1) is 0 Å². The van der Waals surface area contributed by atoms with Gasteiger partial charge in [0.05, 0.1) is 43.1 Å². The summed E-state index contributed by atoms with van der Waals surface area (Å²) >= 11 is 0. The average Bonchev–Trinajstić information content (AvgIpc) is 2.82. The van der Waals surface area contributed by atoms with Gasteiger partial charge in [0.25, 0.3) is 11.5 Å². The molecule has 2 heterocycles. The number of aromatic amines is 1. The second-order valence-corrected chi connectivity index (χ2v) is 7.34. The zero-order valence-electron chi connectivity index (χ0n) is 18.3. The van der Waals surface area contributed by atoms with E-state index >= 15 is 0 Å². The van der Waals surface area contributed by atoms with Gasteiger partial charge in [-0.2, -0.15) is 0 Å². The number of hydrogen-bond donors (Lipinski definition) is 2. The lowest BCUT2D eigenvalue weighted by Gasteiger charge is -2.13. The number of nitrogens with one attached hydrogen (secondary N) is 2. The Morgan fingerprint density at radius 1 is 1.06 bits per heavy atom. The molecule has 4 aromatic rings. The minimum Gasteiger partial charge on any atom is -0.497 e. The van der Waals surface area contributed by atoms with Crippen molar-refractivity contribution in [2.75, 3.05) is 19.5 Å². The fourth-order valence-corrected chi connectivity index (χ4v) is 3.52. The van der Waals surface area contributed by atoms with Crippen molar-refractivity contribution < 1.29 is 14.3 Å². The van der Waals surface area contributed by atoms with Gasteiger partial charge in [-0.1, -0.05) is 24.3 Å². The molecule has 0 saturated carbocycles. The molecule has 4 rings (SSSR count). The molecule has 1 amide bonds. The molecule has 2 aromatic carbocycles. The topological polar surface area (TPSA) is 115 Å². The predicted molar refractivity (Wildman–Crippen MR) is 124 cm³/mol. The summed E-state index contributed by atoms with van der Waals surface area (Å²) in [4.78, 5) is 44.9. The predicted octanol–water partition coefficient (Wildman–Crippen LogP) is 2.71. The van der Waals surface area contributed by atoms with Crippen molar-refractivity contribution in [3.63, 3.8) is 0 Å². The first-order valence-electron chi connectivity index (χ1n) is 10.1. The van der Waals surface area contributed by atoms with E-state index in [4.69, 9.17) is 9.47 Å². The van der Waals surface area contributed by atoms with Gasteiger partial charge in [0.2, 0.25) is 0 Å². The number of aryl methyl sites for hydroxylation is 1. The largest absolute Gasteiger partial charge is 0.497 e.